The Morgan fingerprint density at radius 3 is 1.70 bits per heavy atom. The van der Waals surface area contributed by atoms with Crippen LogP contribution in [0.5, 0.6) is 0 Å². The molecule has 0 unspecified atom stereocenters. The van der Waals surface area contributed by atoms with E-state index in [-0.39, 0.29) is 17.0 Å². The Kier molecular flexibility index (Phi) is 2.61. The number of carbonyl (C=O) groups is 1. The average molecular weight is 143 g/mol. The van der Waals surface area contributed by atoms with Gasteiger partial charge in [-0.15, -0.1) is 0 Å². The first-order valence-corrected chi connectivity index (χ1v) is 2.65. The van der Waals surface area contributed by atoms with Crippen LogP contribution in [0.25, 0.3) is 0 Å². The Labute approximate surface area is 58.3 Å². The number of aliphatic hydroxyl groups is 1. The van der Waals surface area contributed by atoms with Crippen molar-refractivity contribution in [1.82, 2.24) is 0 Å². The van der Waals surface area contributed by atoms with Crippen LogP contribution in [0.15, 0.2) is 11.3 Å². The zero-order valence-corrected chi connectivity index (χ0v) is 5.80. The van der Waals surface area contributed by atoms with Crippen LogP contribution in [-0.4, -0.2) is 21.9 Å². The molecule has 0 radical (unpaired) electrons. The van der Waals surface area contributed by atoms with E-state index in [1.54, 1.807) is 0 Å². The molecular formula is C6H9NO3. The van der Waals surface area contributed by atoms with Gasteiger partial charge < -0.3 is 15.6 Å². The van der Waals surface area contributed by atoms with Crippen LogP contribution in [-0.2, 0) is 4.79 Å². The third kappa shape index (κ3) is 1.89. The first-order valence-electron chi connectivity index (χ1n) is 2.65. The molecule has 0 heterocycles. The number of nitrogens with one attached hydrogen (secondary N) is 1. The Balaban J connectivity index is 4.79. The molecule has 0 saturated heterocycles. The second kappa shape index (κ2) is 3.00. The van der Waals surface area contributed by atoms with Crippen molar-refractivity contribution in [1.29, 1.82) is 5.41 Å². The smallest absolute Gasteiger partial charge is 0.340 e. The summed E-state index contributed by atoms with van der Waals surface area (Å²) in [7, 11) is 0. The quantitative estimate of drug-likeness (QED) is 0.305. The maximum Gasteiger partial charge on any atom is 0.340 e. The molecular weight excluding hydrogens is 134 g/mol. The molecule has 0 fully saturated rings. The molecule has 0 saturated carbocycles. The zero-order chi connectivity index (χ0) is 8.31. The zero-order valence-electron chi connectivity index (χ0n) is 5.80. The molecule has 0 aliphatic carbocycles. The number of carboxylic acid groups (broad SMARTS) is 1. The number of carboxylic acids is 1. The lowest BCUT2D eigenvalue weighted by atomic mass is 10.1. The van der Waals surface area contributed by atoms with Crippen LogP contribution >= 0.6 is 0 Å². The monoisotopic (exact) mass is 143 g/mol. The number of aliphatic carboxylic acids is 1. The highest BCUT2D eigenvalue weighted by atomic mass is 16.4. The lowest BCUT2D eigenvalue weighted by Gasteiger charge is -1.98. The van der Waals surface area contributed by atoms with Gasteiger partial charge in [-0.3, -0.25) is 0 Å². The molecule has 3 N–H and O–H groups in total. The van der Waals surface area contributed by atoms with Gasteiger partial charge in [0, 0.05) is 5.71 Å². The van der Waals surface area contributed by atoms with E-state index in [1.165, 1.54) is 13.8 Å². The van der Waals surface area contributed by atoms with E-state index in [1.807, 2.05) is 0 Å². The van der Waals surface area contributed by atoms with Crippen molar-refractivity contribution < 1.29 is 15.0 Å². The van der Waals surface area contributed by atoms with Gasteiger partial charge in [-0.25, -0.2) is 4.79 Å². The van der Waals surface area contributed by atoms with Gasteiger partial charge in [-0.1, -0.05) is 0 Å². The number of hydrogen-bond acceptors (Lipinski definition) is 3. The SMILES string of the molecule is CC(=N)C(C(=O)O)=C(C)O. The number of allylic oxidation sites excluding steroid dienone is 1. The van der Waals surface area contributed by atoms with Crippen LogP contribution < -0.4 is 0 Å². The highest BCUT2D eigenvalue weighted by molar-refractivity contribution is 6.17. The predicted molar refractivity (Wildman–Crippen MR) is 36.4 cm³/mol. The van der Waals surface area contributed by atoms with E-state index >= 15 is 0 Å². The molecule has 0 rings (SSSR count). The van der Waals surface area contributed by atoms with Crippen molar-refractivity contribution in [2.75, 3.05) is 0 Å². The highest BCUT2D eigenvalue weighted by Gasteiger charge is 2.12. The molecule has 10 heavy (non-hydrogen) atoms. The van der Waals surface area contributed by atoms with Gasteiger partial charge in [-0.05, 0) is 13.8 Å². The van der Waals surface area contributed by atoms with Crippen molar-refractivity contribution in [3.05, 3.63) is 11.3 Å². The van der Waals surface area contributed by atoms with Crippen LogP contribution in [0, 0.1) is 5.41 Å². The fraction of sp³-hybridized carbons (Fsp3) is 0.333. The number of rotatable bonds is 2. The van der Waals surface area contributed by atoms with E-state index < -0.39 is 5.97 Å². The summed E-state index contributed by atoms with van der Waals surface area (Å²) in [5.74, 6) is -1.60. The summed E-state index contributed by atoms with van der Waals surface area (Å²) in [6.45, 7) is 2.55. The molecule has 56 valence electrons. The number of aliphatic hydroxyl groups excluding tert-OH is 1. The van der Waals surface area contributed by atoms with Gasteiger partial charge in [-0.2, -0.15) is 0 Å². The molecule has 0 bridgehead atoms. The molecule has 0 aliphatic rings. The van der Waals surface area contributed by atoms with Gasteiger partial charge in [0.2, 0.25) is 0 Å². The van der Waals surface area contributed by atoms with Crippen LogP contribution in [0.2, 0.25) is 0 Å². The van der Waals surface area contributed by atoms with Gasteiger partial charge in [0.15, 0.2) is 0 Å². The fourth-order valence-electron chi connectivity index (χ4n) is 0.587. The summed E-state index contributed by atoms with van der Waals surface area (Å²) in [5.41, 5.74) is -0.479. The molecule has 0 aromatic heterocycles. The Hall–Kier alpha value is -1.32. The standard InChI is InChI=1S/C6H9NO3/c1-3(7)5(4(2)8)6(9)10/h7-8H,1-2H3,(H,9,10). The van der Waals surface area contributed by atoms with Crippen molar-refractivity contribution in [2.45, 2.75) is 13.8 Å². The van der Waals surface area contributed by atoms with Gasteiger partial charge >= 0.3 is 5.97 Å². The molecule has 0 atom stereocenters. The molecule has 0 aromatic carbocycles. The largest absolute Gasteiger partial charge is 0.512 e. The highest BCUT2D eigenvalue weighted by Crippen LogP contribution is 2.01. The summed E-state index contributed by atoms with van der Waals surface area (Å²) in [5, 5.41) is 24.0. The lowest BCUT2D eigenvalue weighted by Crippen LogP contribution is -2.10. The summed E-state index contributed by atoms with van der Waals surface area (Å²) in [4.78, 5) is 10.2. The Bertz CT molecular complexity index is 185. The topological polar surface area (TPSA) is 81.4 Å². The Morgan fingerprint density at radius 1 is 1.30 bits per heavy atom. The number of hydrogen-bond donors (Lipinski definition) is 3. The van der Waals surface area contributed by atoms with Crippen molar-refractivity contribution in [2.24, 2.45) is 0 Å². The van der Waals surface area contributed by atoms with E-state index in [4.69, 9.17) is 15.6 Å². The third-order valence-corrected chi connectivity index (χ3v) is 0.951. The maximum atomic E-state index is 10.2. The molecule has 4 heteroatoms. The predicted octanol–water partition coefficient (Wildman–Crippen LogP) is 0.943. The van der Waals surface area contributed by atoms with Gasteiger partial charge in [0.25, 0.3) is 0 Å². The summed E-state index contributed by atoms with van der Waals surface area (Å²) in [6, 6.07) is 0. The summed E-state index contributed by atoms with van der Waals surface area (Å²) in [6.07, 6.45) is 0. The van der Waals surface area contributed by atoms with Crippen LogP contribution in [0.4, 0.5) is 0 Å². The summed E-state index contributed by atoms with van der Waals surface area (Å²) >= 11 is 0. The van der Waals surface area contributed by atoms with E-state index in [9.17, 15) is 4.79 Å². The minimum absolute atomic E-state index is 0.146. The lowest BCUT2D eigenvalue weighted by molar-refractivity contribution is -0.132. The van der Waals surface area contributed by atoms with Gasteiger partial charge in [0.05, 0.1) is 0 Å². The molecule has 0 spiro atoms. The molecule has 0 aromatic rings. The van der Waals surface area contributed by atoms with Crippen molar-refractivity contribution in [3.8, 4) is 0 Å². The fourth-order valence-corrected chi connectivity index (χ4v) is 0.587. The van der Waals surface area contributed by atoms with Crippen molar-refractivity contribution in [3.63, 3.8) is 0 Å². The first kappa shape index (κ1) is 8.68. The van der Waals surface area contributed by atoms with Crippen LogP contribution in [0.1, 0.15) is 13.8 Å². The second-order valence-corrected chi connectivity index (χ2v) is 1.89. The molecule has 0 aliphatic heterocycles. The molecule has 0 amide bonds. The first-order chi connectivity index (χ1) is 4.46. The Morgan fingerprint density at radius 2 is 1.70 bits per heavy atom. The molecule has 4 nitrogen and oxygen atoms in total. The minimum atomic E-state index is -1.27. The minimum Gasteiger partial charge on any atom is -0.512 e. The average Bonchev–Trinajstić information content (AvgIpc) is 1.59. The van der Waals surface area contributed by atoms with E-state index in [0.29, 0.717) is 0 Å². The maximum absolute atomic E-state index is 10.2. The van der Waals surface area contributed by atoms with E-state index in [2.05, 4.69) is 0 Å². The van der Waals surface area contributed by atoms with Crippen LogP contribution in [0.3, 0.4) is 0 Å². The van der Waals surface area contributed by atoms with Crippen molar-refractivity contribution >= 4 is 11.7 Å². The van der Waals surface area contributed by atoms with E-state index in [0.717, 1.165) is 0 Å². The third-order valence-electron chi connectivity index (χ3n) is 0.951. The summed E-state index contributed by atoms with van der Waals surface area (Å²) < 4.78 is 0. The normalized spacial score (nSPS) is 12.2. The van der Waals surface area contributed by atoms with Gasteiger partial charge in [0.1, 0.15) is 11.3 Å². The second-order valence-electron chi connectivity index (χ2n) is 1.89.